The van der Waals surface area contributed by atoms with E-state index in [1.165, 1.54) is 17.3 Å². The van der Waals surface area contributed by atoms with Crippen LogP contribution >= 0.6 is 35.6 Å². The van der Waals surface area contributed by atoms with Gasteiger partial charge in [0, 0.05) is 16.5 Å². The Balaban J connectivity index is 1.67. The van der Waals surface area contributed by atoms with Gasteiger partial charge in [0.2, 0.25) is 5.91 Å². The van der Waals surface area contributed by atoms with Crippen molar-refractivity contribution in [1.82, 2.24) is 10.9 Å². The van der Waals surface area contributed by atoms with Crippen molar-refractivity contribution >= 4 is 52.3 Å². The second-order valence-corrected chi connectivity index (χ2v) is 7.86. The average molecular weight is 408 g/mol. The number of thioether (sulfide) groups is 1. The summed E-state index contributed by atoms with van der Waals surface area (Å²) >= 11 is 12.6. The summed E-state index contributed by atoms with van der Waals surface area (Å²) in [6.45, 7) is 4.29. The van der Waals surface area contributed by atoms with E-state index in [0.29, 0.717) is 21.8 Å². The van der Waals surface area contributed by atoms with Crippen LogP contribution in [0.4, 0.5) is 5.69 Å². The number of halogens is 1. The number of hydrogen-bond acceptors (Lipinski definition) is 3. The summed E-state index contributed by atoms with van der Waals surface area (Å²) in [6.07, 6.45) is 0. The third-order valence-corrected chi connectivity index (χ3v) is 4.98. The van der Waals surface area contributed by atoms with Crippen molar-refractivity contribution in [1.29, 1.82) is 0 Å². The van der Waals surface area contributed by atoms with Crippen LogP contribution in [0.2, 0.25) is 5.02 Å². The Morgan fingerprint density at radius 1 is 1.15 bits per heavy atom. The molecule has 0 atom stereocenters. The zero-order valence-electron chi connectivity index (χ0n) is 14.7. The van der Waals surface area contributed by atoms with Crippen molar-refractivity contribution in [2.45, 2.75) is 25.5 Å². The van der Waals surface area contributed by atoms with Crippen LogP contribution in [0.25, 0.3) is 0 Å². The molecule has 2 aromatic carbocycles. The molecule has 0 aliphatic heterocycles. The molecule has 0 aliphatic carbocycles. The molecule has 3 N–H and O–H groups in total. The van der Waals surface area contributed by atoms with Gasteiger partial charge in [0.25, 0.3) is 0 Å². The molecular weight excluding hydrogens is 386 g/mol. The first-order valence-corrected chi connectivity index (χ1v) is 10.2. The van der Waals surface area contributed by atoms with E-state index in [4.69, 9.17) is 23.8 Å². The van der Waals surface area contributed by atoms with Crippen LogP contribution in [-0.4, -0.2) is 16.8 Å². The van der Waals surface area contributed by atoms with E-state index in [9.17, 15) is 4.79 Å². The van der Waals surface area contributed by atoms with Gasteiger partial charge in [-0.3, -0.25) is 15.6 Å². The molecule has 0 fully saturated rings. The van der Waals surface area contributed by atoms with Gasteiger partial charge in [0.15, 0.2) is 5.11 Å². The Kier molecular flexibility index (Phi) is 8.22. The average Bonchev–Trinajstić information content (AvgIpc) is 2.60. The van der Waals surface area contributed by atoms with Crippen LogP contribution < -0.4 is 16.2 Å². The van der Waals surface area contributed by atoms with Crippen molar-refractivity contribution in [3.63, 3.8) is 0 Å². The zero-order valence-corrected chi connectivity index (χ0v) is 17.1. The van der Waals surface area contributed by atoms with Crippen molar-refractivity contribution in [2.75, 3.05) is 11.1 Å². The highest BCUT2D eigenvalue weighted by Crippen LogP contribution is 2.17. The Morgan fingerprint density at radius 3 is 2.54 bits per heavy atom. The summed E-state index contributed by atoms with van der Waals surface area (Å²) in [5.74, 6) is 1.39. The number of benzene rings is 2. The standard InChI is InChI=1S/C19H22ClN3OS2/c1-13(2)15-6-8-17(9-7-15)21-19(25)23-22-18(24)12-26-11-14-4-3-5-16(20)10-14/h3-10,13H,11-12H2,1-2H3,(H,22,24)(H2,21,23,25). The third-order valence-electron chi connectivity index (χ3n) is 3.54. The minimum absolute atomic E-state index is 0.142. The summed E-state index contributed by atoms with van der Waals surface area (Å²) in [5.41, 5.74) is 8.53. The number of anilines is 1. The number of carbonyl (C=O) groups is 1. The first-order chi connectivity index (χ1) is 12.4. The van der Waals surface area contributed by atoms with Crippen LogP contribution in [0.1, 0.15) is 30.9 Å². The predicted octanol–water partition coefficient (Wildman–Crippen LogP) is 4.71. The van der Waals surface area contributed by atoms with Crippen molar-refractivity contribution in [3.8, 4) is 0 Å². The van der Waals surface area contributed by atoms with E-state index >= 15 is 0 Å². The Labute approximate surface area is 169 Å². The van der Waals surface area contributed by atoms with Gasteiger partial charge in [0.1, 0.15) is 0 Å². The lowest BCUT2D eigenvalue weighted by molar-refractivity contribution is -0.119. The molecule has 0 aliphatic rings. The molecule has 0 aromatic heterocycles. The monoisotopic (exact) mass is 407 g/mol. The van der Waals surface area contributed by atoms with Crippen molar-refractivity contribution < 1.29 is 4.79 Å². The second-order valence-electron chi connectivity index (χ2n) is 6.03. The molecular formula is C19H22ClN3OS2. The van der Waals surface area contributed by atoms with E-state index in [-0.39, 0.29) is 5.91 Å². The largest absolute Gasteiger partial charge is 0.331 e. The van der Waals surface area contributed by atoms with Gasteiger partial charge in [-0.15, -0.1) is 11.8 Å². The maximum atomic E-state index is 11.9. The maximum absolute atomic E-state index is 11.9. The van der Waals surface area contributed by atoms with E-state index in [0.717, 1.165) is 17.0 Å². The molecule has 1 amide bonds. The van der Waals surface area contributed by atoms with Crippen LogP contribution in [-0.2, 0) is 10.5 Å². The molecule has 2 aromatic rings. The molecule has 0 spiro atoms. The van der Waals surface area contributed by atoms with E-state index < -0.39 is 0 Å². The number of rotatable bonds is 6. The predicted molar refractivity (Wildman–Crippen MR) is 116 cm³/mol. The molecule has 4 nitrogen and oxygen atoms in total. The second kappa shape index (κ2) is 10.4. The van der Waals surface area contributed by atoms with Gasteiger partial charge >= 0.3 is 0 Å². The lowest BCUT2D eigenvalue weighted by Crippen LogP contribution is -2.44. The Hall–Kier alpha value is -1.76. The number of hydrogen-bond donors (Lipinski definition) is 3. The van der Waals surface area contributed by atoms with Gasteiger partial charge in [-0.25, -0.2) is 0 Å². The van der Waals surface area contributed by atoms with Crippen molar-refractivity contribution in [2.24, 2.45) is 0 Å². The minimum atomic E-state index is -0.142. The number of nitrogens with one attached hydrogen (secondary N) is 3. The Bertz CT molecular complexity index is 751. The highest BCUT2D eigenvalue weighted by molar-refractivity contribution is 7.99. The SMILES string of the molecule is CC(C)c1ccc(NC(=S)NNC(=O)CSCc2cccc(Cl)c2)cc1. The summed E-state index contributed by atoms with van der Waals surface area (Å²) in [6, 6.07) is 15.7. The van der Waals surface area contributed by atoms with Gasteiger partial charge < -0.3 is 5.32 Å². The molecule has 7 heteroatoms. The molecule has 0 unspecified atom stereocenters. The highest BCUT2D eigenvalue weighted by atomic mass is 35.5. The number of amides is 1. The van der Waals surface area contributed by atoms with Gasteiger partial charge in [-0.05, 0) is 53.5 Å². The molecule has 0 saturated carbocycles. The van der Waals surface area contributed by atoms with Crippen LogP contribution in [0.5, 0.6) is 0 Å². The van der Waals surface area contributed by atoms with Gasteiger partial charge in [0.05, 0.1) is 5.75 Å². The van der Waals surface area contributed by atoms with Crippen molar-refractivity contribution in [3.05, 3.63) is 64.7 Å². The van der Waals surface area contributed by atoms with E-state index in [1.54, 1.807) is 0 Å². The first-order valence-electron chi connectivity index (χ1n) is 8.22. The quantitative estimate of drug-likeness (QED) is 0.478. The fourth-order valence-corrected chi connectivity index (χ4v) is 3.32. The third kappa shape index (κ3) is 7.23. The summed E-state index contributed by atoms with van der Waals surface area (Å²) in [7, 11) is 0. The van der Waals surface area contributed by atoms with Gasteiger partial charge in [-0.2, -0.15) is 0 Å². The molecule has 2 rings (SSSR count). The fourth-order valence-electron chi connectivity index (χ4n) is 2.16. The minimum Gasteiger partial charge on any atom is -0.331 e. The van der Waals surface area contributed by atoms with Crippen LogP contribution in [0, 0.1) is 0 Å². The van der Waals surface area contributed by atoms with E-state index in [2.05, 4.69) is 42.1 Å². The fraction of sp³-hybridized carbons (Fsp3) is 0.263. The highest BCUT2D eigenvalue weighted by Gasteiger charge is 2.04. The molecule has 138 valence electrons. The summed E-state index contributed by atoms with van der Waals surface area (Å²) in [4.78, 5) is 11.9. The molecule has 26 heavy (non-hydrogen) atoms. The van der Waals surface area contributed by atoms with Crippen LogP contribution in [0.15, 0.2) is 48.5 Å². The molecule has 0 heterocycles. The summed E-state index contributed by atoms with van der Waals surface area (Å²) < 4.78 is 0. The normalized spacial score (nSPS) is 10.5. The maximum Gasteiger partial charge on any atom is 0.248 e. The summed E-state index contributed by atoms with van der Waals surface area (Å²) in [5, 5.41) is 4.08. The number of hydrazine groups is 1. The molecule has 0 radical (unpaired) electrons. The van der Waals surface area contributed by atoms with Crippen LogP contribution in [0.3, 0.4) is 0 Å². The smallest absolute Gasteiger partial charge is 0.248 e. The molecule has 0 bridgehead atoms. The van der Waals surface area contributed by atoms with E-state index in [1.807, 2.05) is 36.4 Å². The van der Waals surface area contributed by atoms with Gasteiger partial charge in [-0.1, -0.05) is 49.7 Å². The molecule has 0 saturated heterocycles. The lowest BCUT2D eigenvalue weighted by atomic mass is 10.0. The first kappa shape index (κ1) is 20.6. The lowest BCUT2D eigenvalue weighted by Gasteiger charge is -2.12. The number of thiocarbonyl (C=S) groups is 1. The number of carbonyl (C=O) groups excluding carboxylic acids is 1. The Morgan fingerprint density at radius 2 is 1.88 bits per heavy atom. The topological polar surface area (TPSA) is 53.2 Å². The zero-order chi connectivity index (χ0) is 18.9.